The van der Waals surface area contributed by atoms with Crippen molar-refractivity contribution >= 4 is 37.2 Å². The van der Waals surface area contributed by atoms with Crippen molar-refractivity contribution in [3.63, 3.8) is 0 Å². The van der Waals surface area contributed by atoms with Crippen molar-refractivity contribution in [3.05, 3.63) is 52.2 Å². The summed E-state index contributed by atoms with van der Waals surface area (Å²) in [7, 11) is 0. The minimum Gasteiger partial charge on any atom is -0.383 e. The molecule has 0 aliphatic carbocycles. The maximum absolute atomic E-state index is 13.1. The fourth-order valence-corrected chi connectivity index (χ4v) is 4.67. The first-order valence-corrected chi connectivity index (χ1v) is 10.4. The second-order valence-electron chi connectivity index (χ2n) is 6.83. The van der Waals surface area contributed by atoms with Gasteiger partial charge < -0.3 is 10.2 Å². The Bertz CT molecular complexity index is 942. The Hall–Kier alpha value is -1.91. The lowest BCUT2D eigenvalue weighted by Crippen LogP contribution is -2.30. The van der Waals surface area contributed by atoms with Crippen LogP contribution < -0.4 is 10.7 Å². The molecule has 0 unspecified atom stereocenters. The summed E-state index contributed by atoms with van der Waals surface area (Å²) in [5, 5.41) is 5.19. The summed E-state index contributed by atoms with van der Waals surface area (Å²) in [6, 6.07) is 12.1. The number of nitrogens with one attached hydrogen (secondary N) is 1. The van der Waals surface area contributed by atoms with Crippen molar-refractivity contribution in [1.82, 2.24) is 4.90 Å². The smallest absolute Gasteiger partial charge is 0.197 e. The molecule has 0 fully saturated rings. The number of fused-ring (bicyclic) bond motifs is 2. The van der Waals surface area contributed by atoms with Crippen molar-refractivity contribution < 1.29 is 0 Å². The Kier molecular flexibility index (Phi) is 6.28. The van der Waals surface area contributed by atoms with Gasteiger partial charge in [0.25, 0.3) is 0 Å². The van der Waals surface area contributed by atoms with E-state index in [-0.39, 0.29) is 5.43 Å². The first-order chi connectivity index (χ1) is 12.7. The fraction of sp³-hybridized carbons (Fsp3) is 0.409. The summed E-state index contributed by atoms with van der Waals surface area (Å²) in [5.74, 6) is 0. The second-order valence-corrected chi connectivity index (χ2v) is 7.88. The van der Waals surface area contributed by atoms with Gasteiger partial charge in [0.15, 0.2) is 5.43 Å². The number of anilines is 1. The predicted molar refractivity (Wildman–Crippen MR) is 116 cm³/mol. The molecule has 26 heavy (non-hydrogen) atoms. The van der Waals surface area contributed by atoms with Crippen molar-refractivity contribution in [3.8, 4) is 0 Å². The standard InChI is InChI=1S/C22H28N2OS/c1-4-13-24(14-5-2)15-12-23-18-11-10-16(3)22-20(18)21(25)17-8-6-7-9-19(17)26-22/h6-11,23H,4-5,12-15H2,1-3H3. The molecular weight excluding hydrogens is 340 g/mol. The van der Waals surface area contributed by atoms with E-state index >= 15 is 0 Å². The number of rotatable bonds is 8. The van der Waals surface area contributed by atoms with Gasteiger partial charge in [0.2, 0.25) is 0 Å². The molecule has 3 rings (SSSR count). The first kappa shape index (κ1) is 18.9. The van der Waals surface area contributed by atoms with Crippen LogP contribution in [0.3, 0.4) is 0 Å². The van der Waals surface area contributed by atoms with E-state index in [4.69, 9.17) is 0 Å². The van der Waals surface area contributed by atoms with Crippen LogP contribution in [0.2, 0.25) is 0 Å². The molecule has 1 N–H and O–H groups in total. The van der Waals surface area contributed by atoms with E-state index in [9.17, 15) is 4.79 Å². The summed E-state index contributed by atoms with van der Waals surface area (Å²) < 4.78 is 2.15. The van der Waals surface area contributed by atoms with Gasteiger partial charge in [-0.1, -0.05) is 32.0 Å². The van der Waals surface area contributed by atoms with E-state index < -0.39 is 0 Å². The average Bonchev–Trinajstić information content (AvgIpc) is 2.64. The van der Waals surface area contributed by atoms with Gasteiger partial charge in [-0.05, 0) is 56.6 Å². The molecule has 0 aliphatic heterocycles. The SMILES string of the molecule is CCCN(CCC)CCNc1ccc(C)c2sc3ccccc3c(=O)c12. The summed E-state index contributed by atoms with van der Waals surface area (Å²) in [6.07, 6.45) is 2.34. The van der Waals surface area contributed by atoms with E-state index in [0.717, 1.165) is 57.6 Å². The zero-order chi connectivity index (χ0) is 18.5. The molecule has 138 valence electrons. The molecule has 0 saturated heterocycles. The summed E-state index contributed by atoms with van der Waals surface area (Å²) in [4.78, 5) is 15.6. The Balaban J connectivity index is 1.93. The highest BCUT2D eigenvalue weighted by Gasteiger charge is 2.12. The van der Waals surface area contributed by atoms with E-state index in [1.165, 1.54) is 12.8 Å². The van der Waals surface area contributed by atoms with E-state index in [1.54, 1.807) is 11.3 Å². The highest BCUT2D eigenvalue weighted by Crippen LogP contribution is 2.31. The van der Waals surface area contributed by atoms with E-state index in [0.29, 0.717) is 0 Å². The van der Waals surface area contributed by atoms with Gasteiger partial charge in [0.1, 0.15) is 0 Å². The third-order valence-corrected chi connectivity index (χ3v) is 6.05. The Labute approximate surface area is 159 Å². The zero-order valence-corrected chi connectivity index (χ0v) is 16.8. The lowest BCUT2D eigenvalue weighted by Gasteiger charge is -2.21. The minimum absolute atomic E-state index is 0.138. The van der Waals surface area contributed by atoms with Crippen molar-refractivity contribution in [2.75, 3.05) is 31.5 Å². The van der Waals surface area contributed by atoms with Crippen LogP contribution in [0.4, 0.5) is 5.69 Å². The number of hydrogen-bond donors (Lipinski definition) is 1. The van der Waals surface area contributed by atoms with E-state index in [2.05, 4.69) is 43.1 Å². The van der Waals surface area contributed by atoms with Gasteiger partial charge in [-0.15, -0.1) is 11.3 Å². The molecule has 1 heterocycles. The van der Waals surface area contributed by atoms with Gasteiger partial charge in [0, 0.05) is 33.6 Å². The molecule has 0 radical (unpaired) electrons. The Morgan fingerprint density at radius 1 is 1.00 bits per heavy atom. The molecule has 0 saturated carbocycles. The van der Waals surface area contributed by atoms with E-state index in [1.807, 2.05) is 24.3 Å². The van der Waals surface area contributed by atoms with Gasteiger partial charge in [0.05, 0.1) is 5.39 Å². The van der Waals surface area contributed by atoms with Crippen LogP contribution in [-0.2, 0) is 0 Å². The van der Waals surface area contributed by atoms with Crippen LogP contribution >= 0.6 is 11.3 Å². The van der Waals surface area contributed by atoms with Crippen LogP contribution in [0.25, 0.3) is 20.2 Å². The second kappa shape index (κ2) is 8.65. The molecule has 3 nitrogen and oxygen atoms in total. The molecule has 3 aromatic rings. The third-order valence-electron chi connectivity index (χ3n) is 4.75. The lowest BCUT2D eigenvalue weighted by atomic mass is 10.1. The van der Waals surface area contributed by atoms with Gasteiger partial charge in [-0.3, -0.25) is 4.79 Å². The molecule has 0 aliphatic rings. The quantitative estimate of drug-likeness (QED) is 0.551. The summed E-state index contributed by atoms with van der Waals surface area (Å²) in [5.41, 5.74) is 2.27. The highest BCUT2D eigenvalue weighted by molar-refractivity contribution is 7.24. The average molecular weight is 369 g/mol. The van der Waals surface area contributed by atoms with Crippen LogP contribution in [0.15, 0.2) is 41.2 Å². The molecule has 0 spiro atoms. The third kappa shape index (κ3) is 3.92. The van der Waals surface area contributed by atoms with Gasteiger partial charge in [-0.25, -0.2) is 0 Å². The molecule has 0 amide bonds. The minimum atomic E-state index is 0.138. The predicted octanol–water partition coefficient (Wildman–Crippen LogP) is 5.26. The van der Waals surface area contributed by atoms with Crippen LogP contribution in [0.1, 0.15) is 32.3 Å². The first-order valence-electron chi connectivity index (χ1n) is 9.57. The van der Waals surface area contributed by atoms with Crippen LogP contribution in [0, 0.1) is 6.92 Å². The monoisotopic (exact) mass is 368 g/mol. The molecule has 2 aromatic carbocycles. The summed E-state index contributed by atoms with van der Waals surface area (Å²) >= 11 is 1.71. The van der Waals surface area contributed by atoms with Crippen molar-refractivity contribution in [2.24, 2.45) is 0 Å². The number of hydrogen-bond acceptors (Lipinski definition) is 4. The number of aryl methyl sites for hydroxylation is 1. The fourth-order valence-electron chi connectivity index (χ4n) is 3.50. The van der Waals surface area contributed by atoms with Crippen LogP contribution in [0.5, 0.6) is 0 Å². The van der Waals surface area contributed by atoms with Gasteiger partial charge in [-0.2, -0.15) is 0 Å². The van der Waals surface area contributed by atoms with Crippen molar-refractivity contribution in [2.45, 2.75) is 33.6 Å². The van der Waals surface area contributed by atoms with Gasteiger partial charge >= 0.3 is 0 Å². The molecule has 1 aromatic heterocycles. The van der Waals surface area contributed by atoms with Crippen LogP contribution in [-0.4, -0.2) is 31.1 Å². The Morgan fingerprint density at radius 2 is 1.73 bits per heavy atom. The summed E-state index contributed by atoms with van der Waals surface area (Å²) in [6.45, 7) is 10.6. The number of benzene rings is 2. The topological polar surface area (TPSA) is 32.3 Å². The molecule has 4 heteroatoms. The maximum atomic E-state index is 13.1. The Morgan fingerprint density at radius 3 is 2.46 bits per heavy atom. The van der Waals surface area contributed by atoms with Crippen molar-refractivity contribution in [1.29, 1.82) is 0 Å². The maximum Gasteiger partial charge on any atom is 0.197 e. The zero-order valence-electron chi connectivity index (χ0n) is 16.0. The molecule has 0 bridgehead atoms. The highest BCUT2D eigenvalue weighted by atomic mass is 32.1. The largest absolute Gasteiger partial charge is 0.383 e. The molecular formula is C22H28N2OS. The normalized spacial score (nSPS) is 11.5. The molecule has 0 atom stereocenters. The number of nitrogens with zero attached hydrogens (tertiary/aromatic N) is 1. The lowest BCUT2D eigenvalue weighted by molar-refractivity contribution is 0.285.